The molecular weight excluding hydrogens is 378 g/mol. The van der Waals surface area contributed by atoms with Crippen molar-refractivity contribution in [1.82, 2.24) is 20.3 Å². The summed E-state index contributed by atoms with van der Waals surface area (Å²) in [7, 11) is 0. The van der Waals surface area contributed by atoms with Crippen LogP contribution in [0.4, 0.5) is 5.69 Å². The molecular formula is C20H20ClN5O2. The number of carbonyl (C=O) groups excluding carboxylic acids is 2. The van der Waals surface area contributed by atoms with Crippen LogP contribution in [0.3, 0.4) is 0 Å². The van der Waals surface area contributed by atoms with Gasteiger partial charge in [-0.2, -0.15) is 0 Å². The predicted octanol–water partition coefficient (Wildman–Crippen LogP) is 3.68. The van der Waals surface area contributed by atoms with Gasteiger partial charge in [-0.3, -0.25) is 9.59 Å². The number of carbonyl (C=O) groups is 2. The minimum absolute atomic E-state index is 0.151. The van der Waals surface area contributed by atoms with Crippen LogP contribution in [0.5, 0.6) is 0 Å². The molecule has 0 aliphatic heterocycles. The summed E-state index contributed by atoms with van der Waals surface area (Å²) in [5, 5.41) is 14.3. The third-order valence-electron chi connectivity index (χ3n) is 4.22. The number of halogens is 1. The molecule has 1 heterocycles. The van der Waals surface area contributed by atoms with Crippen LogP contribution < -0.4 is 10.6 Å². The highest BCUT2D eigenvalue weighted by molar-refractivity contribution is 6.30. The molecule has 0 saturated carbocycles. The van der Waals surface area contributed by atoms with Gasteiger partial charge in [0.15, 0.2) is 5.69 Å². The third kappa shape index (κ3) is 4.37. The first-order chi connectivity index (χ1) is 13.3. The number of nitrogens with one attached hydrogen (secondary N) is 2. The molecule has 0 aliphatic carbocycles. The summed E-state index contributed by atoms with van der Waals surface area (Å²) in [6, 6.07) is 14.2. The molecule has 8 heteroatoms. The molecule has 0 saturated heterocycles. The van der Waals surface area contributed by atoms with Crippen molar-refractivity contribution in [3.8, 4) is 5.69 Å². The lowest BCUT2D eigenvalue weighted by Gasteiger charge is -2.15. The Labute approximate surface area is 167 Å². The largest absolute Gasteiger partial charge is 0.344 e. The first kappa shape index (κ1) is 19.6. The minimum Gasteiger partial charge on any atom is -0.344 e. The normalized spacial score (nSPS) is 11.7. The van der Waals surface area contributed by atoms with E-state index in [0.29, 0.717) is 16.4 Å². The van der Waals surface area contributed by atoms with E-state index in [1.54, 1.807) is 29.8 Å². The van der Waals surface area contributed by atoms with Gasteiger partial charge in [-0.25, -0.2) is 4.68 Å². The number of anilines is 1. The van der Waals surface area contributed by atoms with E-state index in [0.717, 1.165) is 11.3 Å². The highest BCUT2D eigenvalue weighted by atomic mass is 35.5. The molecule has 1 atom stereocenters. The summed E-state index contributed by atoms with van der Waals surface area (Å²) < 4.78 is 1.57. The molecule has 28 heavy (non-hydrogen) atoms. The van der Waals surface area contributed by atoms with Gasteiger partial charge in [0.25, 0.3) is 5.91 Å². The Morgan fingerprint density at radius 1 is 1.14 bits per heavy atom. The van der Waals surface area contributed by atoms with E-state index in [1.165, 1.54) is 6.92 Å². The highest BCUT2D eigenvalue weighted by Crippen LogP contribution is 2.20. The summed E-state index contributed by atoms with van der Waals surface area (Å²) in [5.41, 5.74) is 3.12. The molecule has 2 amide bonds. The molecule has 0 fully saturated rings. The fraction of sp³-hybridized carbons (Fsp3) is 0.200. The van der Waals surface area contributed by atoms with Crippen molar-refractivity contribution in [3.63, 3.8) is 0 Å². The zero-order chi connectivity index (χ0) is 20.3. The third-order valence-corrected chi connectivity index (χ3v) is 4.45. The molecule has 1 unspecified atom stereocenters. The summed E-state index contributed by atoms with van der Waals surface area (Å²) in [6.07, 6.45) is 0. The van der Waals surface area contributed by atoms with Crippen molar-refractivity contribution in [2.75, 3.05) is 5.32 Å². The van der Waals surface area contributed by atoms with Crippen LogP contribution in [0.25, 0.3) is 5.69 Å². The first-order valence-corrected chi connectivity index (χ1v) is 9.09. The number of hydrogen-bond donors (Lipinski definition) is 2. The highest BCUT2D eigenvalue weighted by Gasteiger charge is 2.19. The molecule has 0 radical (unpaired) electrons. The second-order valence-electron chi connectivity index (χ2n) is 6.42. The lowest BCUT2D eigenvalue weighted by atomic mass is 10.1. The topological polar surface area (TPSA) is 88.9 Å². The van der Waals surface area contributed by atoms with Gasteiger partial charge in [-0.15, -0.1) is 5.10 Å². The smallest absolute Gasteiger partial charge is 0.274 e. The Bertz CT molecular complexity index is 1030. The van der Waals surface area contributed by atoms with Crippen LogP contribution in [0.15, 0.2) is 48.5 Å². The molecule has 2 aromatic carbocycles. The lowest BCUT2D eigenvalue weighted by molar-refractivity contribution is -0.114. The monoisotopic (exact) mass is 397 g/mol. The van der Waals surface area contributed by atoms with E-state index in [1.807, 2.05) is 37.3 Å². The molecule has 2 N–H and O–H groups in total. The van der Waals surface area contributed by atoms with Crippen LogP contribution in [0.1, 0.15) is 41.6 Å². The molecule has 0 spiro atoms. The van der Waals surface area contributed by atoms with E-state index < -0.39 is 0 Å². The van der Waals surface area contributed by atoms with Gasteiger partial charge in [-0.1, -0.05) is 35.0 Å². The SMILES string of the molecule is CC(=O)Nc1cccc(C(C)NC(=O)c2nnn(-c3cccc(Cl)c3)c2C)c1. The zero-order valence-corrected chi connectivity index (χ0v) is 16.5. The Hall–Kier alpha value is -3.19. The number of hydrogen-bond acceptors (Lipinski definition) is 4. The van der Waals surface area contributed by atoms with E-state index >= 15 is 0 Å². The van der Waals surface area contributed by atoms with E-state index in [9.17, 15) is 9.59 Å². The van der Waals surface area contributed by atoms with Crippen LogP contribution in [0, 0.1) is 6.92 Å². The lowest BCUT2D eigenvalue weighted by Crippen LogP contribution is -2.27. The van der Waals surface area contributed by atoms with Crippen molar-refractivity contribution in [1.29, 1.82) is 0 Å². The van der Waals surface area contributed by atoms with Gasteiger partial charge in [0, 0.05) is 17.6 Å². The van der Waals surface area contributed by atoms with Crippen molar-refractivity contribution in [3.05, 3.63) is 70.5 Å². The van der Waals surface area contributed by atoms with Crippen molar-refractivity contribution >= 4 is 29.1 Å². The van der Waals surface area contributed by atoms with Crippen molar-refractivity contribution in [2.24, 2.45) is 0 Å². The predicted molar refractivity (Wildman–Crippen MR) is 108 cm³/mol. The Balaban J connectivity index is 1.77. The van der Waals surface area contributed by atoms with Gasteiger partial charge in [0.1, 0.15) is 0 Å². The van der Waals surface area contributed by atoms with Gasteiger partial charge >= 0.3 is 0 Å². The number of nitrogens with zero attached hydrogens (tertiary/aromatic N) is 3. The Morgan fingerprint density at radius 2 is 1.89 bits per heavy atom. The average Bonchev–Trinajstić information content (AvgIpc) is 3.03. The Kier molecular flexibility index (Phi) is 5.75. The van der Waals surface area contributed by atoms with E-state index in [-0.39, 0.29) is 23.6 Å². The first-order valence-electron chi connectivity index (χ1n) is 8.72. The summed E-state index contributed by atoms with van der Waals surface area (Å²) in [5.74, 6) is -0.481. The molecule has 3 aromatic rings. The fourth-order valence-electron chi connectivity index (χ4n) is 2.83. The summed E-state index contributed by atoms with van der Waals surface area (Å²) in [6.45, 7) is 5.09. The van der Waals surface area contributed by atoms with Crippen LogP contribution in [-0.4, -0.2) is 26.8 Å². The average molecular weight is 398 g/mol. The van der Waals surface area contributed by atoms with Crippen LogP contribution in [0.2, 0.25) is 5.02 Å². The second-order valence-corrected chi connectivity index (χ2v) is 6.85. The van der Waals surface area contributed by atoms with Gasteiger partial charge in [0.05, 0.1) is 17.4 Å². The number of benzene rings is 2. The van der Waals surface area contributed by atoms with E-state index in [4.69, 9.17) is 11.6 Å². The van der Waals surface area contributed by atoms with Gasteiger partial charge in [-0.05, 0) is 49.7 Å². The fourth-order valence-corrected chi connectivity index (χ4v) is 3.01. The van der Waals surface area contributed by atoms with Gasteiger partial charge < -0.3 is 10.6 Å². The molecule has 0 aliphatic rings. The standard InChI is InChI=1S/C20H20ClN5O2/c1-12(15-6-4-8-17(10-15)23-14(3)27)22-20(28)19-13(2)26(25-24-19)18-9-5-7-16(21)11-18/h4-12H,1-3H3,(H,22,28)(H,23,27). The van der Waals surface area contributed by atoms with Crippen LogP contribution in [-0.2, 0) is 4.79 Å². The molecule has 7 nitrogen and oxygen atoms in total. The summed E-state index contributed by atoms with van der Waals surface area (Å²) in [4.78, 5) is 23.9. The van der Waals surface area contributed by atoms with Gasteiger partial charge in [0.2, 0.25) is 5.91 Å². The molecule has 3 rings (SSSR count). The van der Waals surface area contributed by atoms with E-state index in [2.05, 4.69) is 20.9 Å². The second kappa shape index (κ2) is 8.22. The number of amides is 2. The van der Waals surface area contributed by atoms with Crippen molar-refractivity contribution < 1.29 is 9.59 Å². The number of aromatic nitrogens is 3. The maximum atomic E-state index is 12.7. The number of rotatable bonds is 5. The maximum Gasteiger partial charge on any atom is 0.274 e. The molecule has 144 valence electrons. The van der Waals surface area contributed by atoms with Crippen molar-refractivity contribution in [2.45, 2.75) is 26.8 Å². The maximum absolute atomic E-state index is 12.7. The minimum atomic E-state index is -0.330. The Morgan fingerprint density at radius 3 is 2.61 bits per heavy atom. The quantitative estimate of drug-likeness (QED) is 0.687. The zero-order valence-electron chi connectivity index (χ0n) is 15.7. The van der Waals surface area contributed by atoms with Crippen LogP contribution >= 0.6 is 11.6 Å². The summed E-state index contributed by atoms with van der Waals surface area (Å²) >= 11 is 6.03. The molecule has 1 aromatic heterocycles. The molecule has 0 bridgehead atoms.